The number of aliphatic hydroxyl groups excluding tert-OH is 2. The molecule has 2 atom stereocenters. The maximum Gasteiger partial charge on any atom is 0.143 e. The largest absolute Gasteiger partial charge is 0.394 e. The first-order valence-electron chi connectivity index (χ1n) is 2.83. The molecule has 9 heavy (non-hydrogen) atoms. The van der Waals surface area contributed by atoms with Crippen molar-refractivity contribution in [2.45, 2.75) is 12.2 Å². The molecule has 1 rings (SSSR count). The number of epoxide rings is 1. The van der Waals surface area contributed by atoms with E-state index in [0.29, 0.717) is 6.61 Å². The molecule has 1 aliphatic rings. The van der Waals surface area contributed by atoms with Crippen molar-refractivity contribution >= 4 is 0 Å². The molecule has 0 spiro atoms. The molecule has 0 aliphatic carbocycles. The first-order valence-corrected chi connectivity index (χ1v) is 2.83. The fourth-order valence-corrected chi connectivity index (χ4v) is 0.655. The van der Waals surface area contributed by atoms with Gasteiger partial charge in [0.1, 0.15) is 19.0 Å². The molecular weight excluding hydrogens is 124 g/mol. The molecule has 0 aromatic heterocycles. The number of aliphatic hydroxyl groups is 2. The van der Waals surface area contributed by atoms with Gasteiger partial charge in [0.15, 0.2) is 0 Å². The molecule has 2 N–H and O–H groups in total. The van der Waals surface area contributed by atoms with Crippen LogP contribution in [0.4, 0.5) is 0 Å². The highest BCUT2D eigenvalue weighted by Crippen LogP contribution is 2.20. The van der Waals surface area contributed by atoms with Crippen molar-refractivity contribution in [3.05, 3.63) is 0 Å². The molecule has 4 heteroatoms. The Bertz CT molecular complexity index is 85.0. The van der Waals surface area contributed by atoms with Gasteiger partial charge in [-0.25, -0.2) is 0 Å². The van der Waals surface area contributed by atoms with Gasteiger partial charge in [-0.05, 0) is 0 Å². The minimum Gasteiger partial charge on any atom is -0.394 e. The first-order chi connectivity index (χ1) is 4.38. The average molecular weight is 134 g/mol. The summed E-state index contributed by atoms with van der Waals surface area (Å²) < 4.78 is 9.49. The van der Waals surface area contributed by atoms with Gasteiger partial charge in [-0.3, -0.25) is 0 Å². The normalized spacial score (nSPS) is 32.7. The molecule has 1 heterocycles. The zero-order valence-corrected chi connectivity index (χ0v) is 4.99. The van der Waals surface area contributed by atoms with Crippen molar-refractivity contribution in [2.75, 3.05) is 20.0 Å². The lowest BCUT2D eigenvalue weighted by atomic mass is 10.3. The number of hydrogen-bond donors (Lipinski definition) is 2. The molecule has 1 saturated heterocycles. The summed E-state index contributed by atoms with van der Waals surface area (Å²) in [6.07, 6.45) is -0.0568. The van der Waals surface area contributed by atoms with Crippen LogP contribution in [0.3, 0.4) is 0 Å². The second-order valence-electron chi connectivity index (χ2n) is 1.90. The van der Waals surface area contributed by atoms with Crippen molar-refractivity contribution in [3.8, 4) is 0 Å². The number of hydrogen-bond acceptors (Lipinski definition) is 4. The van der Waals surface area contributed by atoms with Crippen molar-refractivity contribution in [2.24, 2.45) is 0 Å². The molecule has 0 bridgehead atoms. The van der Waals surface area contributed by atoms with Crippen molar-refractivity contribution in [1.29, 1.82) is 0 Å². The van der Waals surface area contributed by atoms with Crippen LogP contribution in [0.25, 0.3) is 0 Å². The highest BCUT2D eigenvalue weighted by molar-refractivity contribution is 4.83. The van der Waals surface area contributed by atoms with E-state index in [4.69, 9.17) is 14.9 Å². The van der Waals surface area contributed by atoms with E-state index in [1.165, 1.54) is 0 Å². The zero-order chi connectivity index (χ0) is 6.69. The average Bonchev–Trinajstić information content (AvgIpc) is 2.62. The van der Waals surface area contributed by atoms with Crippen LogP contribution in [0.1, 0.15) is 0 Å². The number of ether oxygens (including phenoxy) is 2. The van der Waals surface area contributed by atoms with E-state index < -0.39 is 0 Å². The van der Waals surface area contributed by atoms with E-state index in [9.17, 15) is 0 Å². The Balaban J connectivity index is 1.92. The summed E-state index contributed by atoms with van der Waals surface area (Å²) in [6, 6.07) is 0. The molecule has 0 aromatic carbocycles. The van der Waals surface area contributed by atoms with Gasteiger partial charge in [0.25, 0.3) is 0 Å². The highest BCUT2D eigenvalue weighted by Gasteiger charge is 2.37. The quantitative estimate of drug-likeness (QED) is 0.371. The van der Waals surface area contributed by atoms with Gasteiger partial charge in [-0.2, -0.15) is 0 Å². The van der Waals surface area contributed by atoms with Gasteiger partial charge >= 0.3 is 0 Å². The Morgan fingerprint density at radius 3 is 2.56 bits per heavy atom. The second-order valence-corrected chi connectivity index (χ2v) is 1.90. The zero-order valence-electron chi connectivity index (χ0n) is 4.99. The van der Waals surface area contributed by atoms with E-state index in [0.717, 1.165) is 0 Å². The Morgan fingerprint density at radius 2 is 2.11 bits per heavy atom. The molecule has 0 amide bonds. The maximum absolute atomic E-state index is 8.43. The van der Waals surface area contributed by atoms with Crippen molar-refractivity contribution in [1.82, 2.24) is 0 Å². The van der Waals surface area contributed by atoms with Crippen LogP contribution < -0.4 is 0 Å². The van der Waals surface area contributed by atoms with Crippen LogP contribution >= 0.6 is 0 Å². The topological polar surface area (TPSA) is 62.2 Å². The predicted molar refractivity (Wildman–Crippen MR) is 28.8 cm³/mol. The monoisotopic (exact) mass is 134 g/mol. The van der Waals surface area contributed by atoms with E-state index in [1.54, 1.807) is 0 Å². The Kier molecular flexibility index (Phi) is 2.41. The van der Waals surface area contributed by atoms with Gasteiger partial charge < -0.3 is 19.7 Å². The fraction of sp³-hybridized carbons (Fsp3) is 1.00. The van der Waals surface area contributed by atoms with Crippen molar-refractivity contribution < 1.29 is 19.7 Å². The summed E-state index contributed by atoms with van der Waals surface area (Å²) >= 11 is 0. The molecule has 1 aliphatic heterocycles. The van der Waals surface area contributed by atoms with E-state index >= 15 is 0 Å². The molecule has 0 aromatic rings. The summed E-state index contributed by atoms with van der Waals surface area (Å²) in [7, 11) is 0. The Hall–Kier alpha value is -0.160. The Morgan fingerprint density at radius 1 is 1.33 bits per heavy atom. The van der Waals surface area contributed by atoms with Crippen LogP contribution in [0.15, 0.2) is 0 Å². The van der Waals surface area contributed by atoms with Crippen LogP contribution in [0, 0.1) is 0 Å². The van der Waals surface area contributed by atoms with Gasteiger partial charge in [0.2, 0.25) is 0 Å². The lowest BCUT2D eigenvalue weighted by Crippen LogP contribution is -2.07. The van der Waals surface area contributed by atoms with Gasteiger partial charge in [0, 0.05) is 0 Å². The molecule has 4 nitrogen and oxygen atoms in total. The predicted octanol–water partition coefficient (Wildman–Crippen LogP) is -1.29. The van der Waals surface area contributed by atoms with E-state index in [2.05, 4.69) is 4.74 Å². The van der Waals surface area contributed by atoms with E-state index in [1.807, 2.05) is 0 Å². The van der Waals surface area contributed by atoms with Crippen LogP contribution in [-0.4, -0.2) is 42.4 Å². The maximum atomic E-state index is 8.43. The molecule has 0 radical (unpaired) electrons. The fourth-order valence-electron chi connectivity index (χ4n) is 0.655. The molecule has 2 unspecified atom stereocenters. The first kappa shape index (κ1) is 6.95. The van der Waals surface area contributed by atoms with Gasteiger partial charge in [-0.15, -0.1) is 0 Å². The van der Waals surface area contributed by atoms with Crippen molar-refractivity contribution in [3.63, 3.8) is 0 Å². The van der Waals surface area contributed by atoms with Gasteiger partial charge in [0.05, 0.1) is 13.2 Å². The third-order valence-corrected chi connectivity index (χ3v) is 1.24. The van der Waals surface area contributed by atoms with Gasteiger partial charge in [-0.1, -0.05) is 0 Å². The smallest absolute Gasteiger partial charge is 0.143 e. The minimum absolute atomic E-state index is 0.00199. The third kappa shape index (κ3) is 1.91. The lowest BCUT2D eigenvalue weighted by molar-refractivity contribution is -0.00763. The summed E-state index contributed by atoms with van der Waals surface area (Å²) in [6.45, 7) is 0.138. The minimum atomic E-state index is -0.280. The summed E-state index contributed by atoms with van der Waals surface area (Å²) in [4.78, 5) is 0. The molecular formula is C5H10O4. The van der Waals surface area contributed by atoms with Crippen LogP contribution in [0.5, 0.6) is 0 Å². The van der Waals surface area contributed by atoms with E-state index in [-0.39, 0.29) is 25.6 Å². The summed E-state index contributed by atoms with van der Waals surface area (Å²) in [5.74, 6) is 0. The number of rotatable bonds is 4. The lowest BCUT2D eigenvalue weighted by Gasteiger charge is -1.92. The standard InChI is InChI=1S/C5H10O4/c6-1-4-5(9-4)2-8-3-7/h4-7H,1-3H2. The summed E-state index contributed by atoms with van der Waals surface area (Å²) in [5, 5.41) is 16.6. The van der Waals surface area contributed by atoms with Crippen LogP contribution in [0.2, 0.25) is 0 Å². The Labute approximate surface area is 53.0 Å². The highest BCUT2D eigenvalue weighted by atomic mass is 16.6. The summed E-state index contributed by atoms with van der Waals surface area (Å²) in [5.41, 5.74) is 0. The van der Waals surface area contributed by atoms with Crippen LogP contribution in [-0.2, 0) is 9.47 Å². The molecule has 0 saturated carbocycles. The third-order valence-electron chi connectivity index (χ3n) is 1.24. The second kappa shape index (κ2) is 3.12. The molecule has 1 fully saturated rings. The molecule has 54 valence electrons. The SMILES string of the molecule is OCOCC1OC1CO.